The first-order chi connectivity index (χ1) is 9.69. The lowest BCUT2D eigenvalue weighted by atomic mass is 10.1. The van der Waals surface area contributed by atoms with E-state index in [0.717, 1.165) is 12.1 Å². The van der Waals surface area contributed by atoms with E-state index in [2.05, 4.69) is 4.72 Å². The first-order valence-electron chi connectivity index (χ1n) is 6.07. The van der Waals surface area contributed by atoms with E-state index >= 15 is 0 Å². The number of sulfonamides is 1. The Hall–Kier alpha value is -1.32. The SMILES string of the molecule is CCS(=O)CCNS(=O)(=O)c1cc(C)c(F)c(C(=O)O)c1. The van der Waals surface area contributed by atoms with Gasteiger partial charge in [-0.3, -0.25) is 4.21 Å². The van der Waals surface area contributed by atoms with Gasteiger partial charge < -0.3 is 5.11 Å². The number of aryl methyl sites for hydroxylation is 1. The van der Waals surface area contributed by atoms with Gasteiger partial charge in [0.05, 0.1) is 10.5 Å². The molecule has 118 valence electrons. The molecular formula is C12H16FNO5S2. The van der Waals surface area contributed by atoms with E-state index in [1.165, 1.54) is 6.92 Å². The van der Waals surface area contributed by atoms with Gasteiger partial charge in [0, 0.05) is 28.9 Å². The average Bonchev–Trinajstić information content (AvgIpc) is 2.40. The molecule has 0 heterocycles. The van der Waals surface area contributed by atoms with E-state index in [9.17, 15) is 21.8 Å². The van der Waals surface area contributed by atoms with Crippen molar-refractivity contribution in [2.45, 2.75) is 18.7 Å². The van der Waals surface area contributed by atoms with Gasteiger partial charge in [-0.25, -0.2) is 22.3 Å². The van der Waals surface area contributed by atoms with Gasteiger partial charge in [-0.05, 0) is 24.6 Å². The highest BCUT2D eigenvalue weighted by molar-refractivity contribution is 7.89. The molecule has 1 aromatic rings. The van der Waals surface area contributed by atoms with Crippen molar-refractivity contribution in [1.82, 2.24) is 4.72 Å². The molecule has 9 heteroatoms. The Kier molecular flexibility index (Phi) is 5.99. The third kappa shape index (κ3) is 4.58. The lowest BCUT2D eigenvalue weighted by Crippen LogP contribution is -2.28. The van der Waals surface area contributed by atoms with Gasteiger partial charge in [-0.15, -0.1) is 0 Å². The second-order valence-electron chi connectivity index (χ2n) is 4.24. The lowest BCUT2D eigenvalue weighted by molar-refractivity contribution is 0.0691. The molecule has 0 saturated carbocycles. The molecule has 0 aromatic heterocycles. The number of rotatable bonds is 7. The van der Waals surface area contributed by atoms with E-state index in [1.54, 1.807) is 6.92 Å². The van der Waals surface area contributed by atoms with Crippen LogP contribution in [0.2, 0.25) is 0 Å². The summed E-state index contributed by atoms with van der Waals surface area (Å²) in [5, 5.41) is 8.87. The Morgan fingerprint density at radius 3 is 2.57 bits per heavy atom. The summed E-state index contributed by atoms with van der Waals surface area (Å²) >= 11 is 0. The third-order valence-electron chi connectivity index (χ3n) is 2.71. The van der Waals surface area contributed by atoms with E-state index in [0.29, 0.717) is 5.75 Å². The normalized spacial score (nSPS) is 13.1. The third-order valence-corrected chi connectivity index (χ3v) is 5.46. The van der Waals surface area contributed by atoms with Gasteiger partial charge in [0.1, 0.15) is 5.82 Å². The van der Waals surface area contributed by atoms with Crippen LogP contribution >= 0.6 is 0 Å². The highest BCUT2D eigenvalue weighted by Crippen LogP contribution is 2.19. The van der Waals surface area contributed by atoms with Crippen LogP contribution in [-0.2, 0) is 20.8 Å². The summed E-state index contributed by atoms with van der Waals surface area (Å²) in [5.74, 6) is -1.93. The number of hydrogen-bond donors (Lipinski definition) is 2. The summed E-state index contributed by atoms with van der Waals surface area (Å²) in [6.45, 7) is 2.96. The fourth-order valence-corrected chi connectivity index (χ4v) is 3.45. The van der Waals surface area contributed by atoms with Crippen LogP contribution in [0.25, 0.3) is 0 Å². The van der Waals surface area contributed by atoms with Gasteiger partial charge in [0.2, 0.25) is 10.0 Å². The van der Waals surface area contributed by atoms with Crippen molar-refractivity contribution < 1.29 is 26.9 Å². The molecule has 0 radical (unpaired) electrons. The largest absolute Gasteiger partial charge is 0.478 e. The van der Waals surface area contributed by atoms with E-state index in [1.807, 2.05) is 0 Å². The Morgan fingerprint density at radius 2 is 2.05 bits per heavy atom. The van der Waals surface area contributed by atoms with Gasteiger partial charge >= 0.3 is 5.97 Å². The second kappa shape index (κ2) is 7.10. The highest BCUT2D eigenvalue weighted by atomic mass is 32.2. The molecule has 1 rings (SSSR count). The van der Waals surface area contributed by atoms with Gasteiger partial charge in [-0.2, -0.15) is 0 Å². The topological polar surface area (TPSA) is 101 Å². The molecule has 0 amide bonds. The number of aromatic carboxylic acids is 1. The molecule has 0 aliphatic rings. The summed E-state index contributed by atoms with van der Waals surface area (Å²) in [4.78, 5) is 10.6. The zero-order chi connectivity index (χ0) is 16.2. The van der Waals surface area contributed by atoms with Crippen LogP contribution in [0.3, 0.4) is 0 Å². The number of halogens is 1. The fraction of sp³-hybridized carbons (Fsp3) is 0.417. The number of benzene rings is 1. The monoisotopic (exact) mass is 337 g/mol. The number of nitrogens with one attached hydrogen (secondary N) is 1. The lowest BCUT2D eigenvalue weighted by Gasteiger charge is -2.09. The minimum atomic E-state index is -3.97. The molecular weight excluding hydrogens is 321 g/mol. The van der Waals surface area contributed by atoms with E-state index < -0.39 is 38.2 Å². The fourth-order valence-electron chi connectivity index (χ4n) is 1.56. The van der Waals surface area contributed by atoms with Crippen molar-refractivity contribution in [2.24, 2.45) is 0 Å². The van der Waals surface area contributed by atoms with Crippen LogP contribution in [0.4, 0.5) is 4.39 Å². The first-order valence-corrected chi connectivity index (χ1v) is 9.04. The van der Waals surface area contributed by atoms with Crippen molar-refractivity contribution >= 4 is 26.8 Å². The standard InChI is InChI=1S/C12H16FNO5S2/c1-3-20(17)5-4-14-21(18,19)9-6-8(2)11(13)10(7-9)12(15)16/h6-7,14H,3-5H2,1-2H3,(H,15,16). The van der Waals surface area contributed by atoms with Crippen molar-refractivity contribution in [2.75, 3.05) is 18.1 Å². The quantitative estimate of drug-likeness (QED) is 0.769. The molecule has 1 aromatic carbocycles. The Morgan fingerprint density at radius 1 is 1.43 bits per heavy atom. The van der Waals surface area contributed by atoms with Crippen molar-refractivity contribution in [3.8, 4) is 0 Å². The first kappa shape index (κ1) is 17.7. The molecule has 0 fully saturated rings. The van der Waals surface area contributed by atoms with E-state index in [-0.39, 0.29) is 22.8 Å². The van der Waals surface area contributed by atoms with Gasteiger partial charge in [-0.1, -0.05) is 6.92 Å². The van der Waals surface area contributed by atoms with Crippen LogP contribution in [0, 0.1) is 12.7 Å². The van der Waals surface area contributed by atoms with Crippen LogP contribution < -0.4 is 4.72 Å². The Bertz CT molecular complexity index is 672. The van der Waals surface area contributed by atoms with E-state index in [4.69, 9.17) is 5.11 Å². The molecule has 1 unspecified atom stereocenters. The van der Waals surface area contributed by atoms with Crippen molar-refractivity contribution in [3.63, 3.8) is 0 Å². The maximum Gasteiger partial charge on any atom is 0.338 e. The Balaban J connectivity index is 3.04. The Labute approximate surface area is 124 Å². The van der Waals surface area contributed by atoms with Crippen LogP contribution in [0.1, 0.15) is 22.8 Å². The summed E-state index contributed by atoms with van der Waals surface area (Å²) in [6.07, 6.45) is 0. The summed E-state index contributed by atoms with van der Waals surface area (Å²) in [7, 11) is -5.09. The highest BCUT2D eigenvalue weighted by Gasteiger charge is 2.21. The zero-order valence-corrected chi connectivity index (χ0v) is 13.2. The predicted octanol–water partition coefficient (Wildman–Crippen LogP) is 0.879. The van der Waals surface area contributed by atoms with Crippen LogP contribution in [-0.4, -0.2) is 41.8 Å². The smallest absolute Gasteiger partial charge is 0.338 e. The van der Waals surface area contributed by atoms with Gasteiger partial charge in [0.25, 0.3) is 0 Å². The van der Waals surface area contributed by atoms with Crippen molar-refractivity contribution in [1.29, 1.82) is 0 Å². The van der Waals surface area contributed by atoms with Crippen molar-refractivity contribution in [3.05, 3.63) is 29.1 Å². The minimum absolute atomic E-state index is 0.0401. The summed E-state index contributed by atoms with van der Waals surface area (Å²) in [6, 6.07) is 1.82. The average molecular weight is 337 g/mol. The zero-order valence-electron chi connectivity index (χ0n) is 11.6. The molecule has 0 spiro atoms. The maximum absolute atomic E-state index is 13.6. The molecule has 21 heavy (non-hydrogen) atoms. The molecule has 1 atom stereocenters. The predicted molar refractivity (Wildman–Crippen MR) is 76.8 cm³/mol. The maximum atomic E-state index is 13.6. The number of carboxylic acid groups (broad SMARTS) is 1. The molecule has 0 saturated heterocycles. The second-order valence-corrected chi connectivity index (χ2v) is 7.87. The molecule has 2 N–H and O–H groups in total. The summed E-state index contributed by atoms with van der Waals surface area (Å²) in [5.41, 5.74) is -0.778. The number of hydrogen-bond acceptors (Lipinski definition) is 4. The summed E-state index contributed by atoms with van der Waals surface area (Å²) < 4.78 is 51.1. The molecule has 6 nitrogen and oxygen atoms in total. The minimum Gasteiger partial charge on any atom is -0.478 e. The molecule has 0 aliphatic heterocycles. The number of carboxylic acids is 1. The molecule has 0 aliphatic carbocycles. The van der Waals surface area contributed by atoms with Crippen LogP contribution in [0.5, 0.6) is 0 Å². The molecule has 0 bridgehead atoms. The number of carbonyl (C=O) groups is 1. The van der Waals surface area contributed by atoms with Crippen LogP contribution in [0.15, 0.2) is 17.0 Å². The van der Waals surface area contributed by atoms with Gasteiger partial charge in [0.15, 0.2) is 0 Å².